The van der Waals surface area contributed by atoms with Crippen LogP contribution in [0.2, 0.25) is 5.02 Å². The summed E-state index contributed by atoms with van der Waals surface area (Å²) in [7, 11) is 0. The van der Waals surface area contributed by atoms with Crippen molar-refractivity contribution in [2.24, 2.45) is 0 Å². The second kappa shape index (κ2) is 7.61. The van der Waals surface area contributed by atoms with Gasteiger partial charge in [0.1, 0.15) is 0 Å². The van der Waals surface area contributed by atoms with Gasteiger partial charge in [-0.1, -0.05) is 60.2 Å². The van der Waals surface area contributed by atoms with E-state index < -0.39 is 0 Å². The van der Waals surface area contributed by atoms with E-state index in [-0.39, 0.29) is 5.91 Å². The number of benzene rings is 1. The Labute approximate surface area is 130 Å². The minimum absolute atomic E-state index is 0.267. The lowest BCUT2D eigenvalue weighted by molar-refractivity contribution is 0.102. The van der Waals surface area contributed by atoms with Crippen LogP contribution in [0.3, 0.4) is 0 Å². The molecule has 0 bridgehead atoms. The van der Waals surface area contributed by atoms with Crippen molar-refractivity contribution in [2.45, 2.75) is 24.1 Å². The molecule has 1 N–H and O–H groups in total. The minimum Gasteiger partial charge on any atom is -0.296 e. The van der Waals surface area contributed by atoms with Gasteiger partial charge in [-0.2, -0.15) is 0 Å². The van der Waals surface area contributed by atoms with E-state index in [4.69, 9.17) is 11.6 Å². The number of carbonyl (C=O) groups is 1. The summed E-state index contributed by atoms with van der Waals surface area (Å²) in [6.45, 7) is 2.15. The first-order valence-electron chi connectivity index (χ1n) is 6.23. The Bertz CT molecular complexity index is 589. The number of carbonyl (C=O) groups excluding carboxylic acids is 1. The molecule has 2 rings (SSSR count). The lowest BCUT2D eigenvalue weighted by Gasteiger charge is -2.02. The fraction of sp³-hybridized carbons (Fsp3) is 0.308. The molecule has 1 aromatic heterocycles. The maximum absolute atomic E-state index is 12.0. The largest absolute Gasteiger partial charge is 0.296 e. The average molecular weight is 328 g/mol. The van der Waals surface area contributed by atoms with Crippen LogP contribution < -0.4 is 5.32 Å². The van der Waals surface area contributed by atoms with Gasteiger partial charge in [0.25, 0.3) is 5.91 Å². The SMILES string of the molecule is CCCCSc1nnc(NC(=O)c2ccccc2Cl)s1. The molecule has 7 heteroatoms. The molecule has 0 saturated heterocycles. The van der Waals surface area contributed by atoms with E-state index in [0.29, 0.717) is 15.7 Å². The Balaban J connectivity index is 1.97. The molecule has 1 heterocycles. The standard InChI is InChI=1S/C13H14ClN3OS2/c1-2-3-8-19-13-17-16-12(20-13)15-11(18)9-6-4-5-7-10(9)14/h4-7H,2-3,8H2,1H3,(H,15,16,18). The van der Waals surface area contributed by atoms with E-state index >= 15 is 0 Å². The van der Waals surface area contributed by atoms with E-state index in [1.807, 2.05) is 0 Å². The molecule has 1 aromatic carbocycles. The molecule has 2 aromatic rings. The van der Waals surface area contributed by atoms with Crippen molar-refractivity contribution in [3.63, 3.8) is 0 Å². The van der Waals surface area contributed by atoms with Crippen LogP contribution in [0.5, 0.6) is 0 Å². The third-order valence-corrected chi connectivity index (χ3v) is 4.86. The molecule has 0 aliphatic heterocycles. The molecule has 0 aliphatic rings. The zero-order chi connectivity index (χ0) is 14.4. The van der Waals surface area contributed by atoms with Crippen molar-refractivity contribution < 1.29 is 4.79 Å². The zero-order valence-corrected chi connectivity index (χ0v) is 13.3. The minimum atomic E-state index is -0.267. The number of nitrogens with zero attached hydrogens (tertiary/aromatic N) is 2. The summed E-state index contributed by atoms with van der Waals surface area (Å²) >= 11 is 9.01. The second-order valence-corrected chi connectivity index (χ2v) is 6.74. The maximum atomic E-state index is 12.0. The zero-order valence-electron chi connectivity index (χ0n) is 10.9. The van der Waals surface area contributed by atoms with Crippen molar-refractivity contribution in [3.8, 4) is 0 Å². The normalized spacial score (nSPS) is 10.5. The molecule has 0 aliphatic carbocycles. The molecule has 0 saturated carbocycles. The van der Waals surface area contributed by atoms with Gasteiger partial charge < -0.3 is 0 Å². The highest BCUT2D eigenvalue weighted by atomic mass is 35.5. The van der Waals surface area contributed by atoms with E-state index in [9.17, 15) is 4.79 Å². The second-order valence-electron chi connectivity index (χ2n) is 4.01. The molecular weight excluding hydrogens is 314 g/mol. The third kappa shape index (κ3) is 4.19. The molecular formula is C13H14ClN3OS2. The molecule has 0 unspecified atom stereocenters. The van der Waals surface area contributed by atoms with E-state index in [1.165, 1.54) is 11.3 Å². The molecule has 106 valence electrons. The number of nitrogens with one attached hydrogen (secondary N) is 1. The highest BCUT2D eigenvalue weighted by molar-refractivity contribution is 8.01. The van der Waals surface area contributed by atoms with E-state index in [0.717, 1.165) is 22.9 Å². The molecule has 20 heavy (non-hydrogen) atoms. The summed E-state index contributed by atoms with van der Waals surface area (Å²) in [5.41, 5.74) is 0.435. The number of hydrogen-bond acceptors (Lipinski definition) is 5. The molecule has 0 radical (unpaired) electrons. The number of halogens is 1. The number of unbranched alkanes of at least 4 members (excludes halogenated alkanes) is 1. The summed E-state index contributed by atoms with van der Waals surface area (Å²) in [6, 6.07) is 6.91. The maximum Gasteiger partial charge on any atom is 0.259 e. The van der Waals surface area contributed by atoms with Crippen LogP contribution in [0.4, 0.5) is 5.13 Å². The summed E-state index contributed by atoms with van der Waals surface area (Å²) < 4.78 is 0.868. The van der Waals surface area contributed by atoms with Gasteiger partial charge in [-0.05, 0) is 18.6 Å². The third-order valence-electron chi connectivity index (χ3n) is 2.47. The first-order valence-corrected chi connectivity index (χ1v) is 8.41. The number of aromatic nitrogens is 2. The molecule has 1 amide bonds. The topological polar surface area (TPSA) is 54.9 Å². The molecule has 4 nitrogen and oxygen atoms in total. The number of thioether (sulfide) groups is 1. The van der Waals surface area contributed by atoms with Gasteiger partial charge in [0.2, 0.25) is 5.13 Å². The van der Waals surface area contributed by atoms with Gasteiger partial charge in [-0.15, -0.1) is 10.2 Å². The van der Waals surface area contributed by atoms with Gasteiger partial charge in [-0.3, -0.25) is 10.1 Å². The highest BCUT2D eigenvalue weighted by Gasteiger charge is 2.12. The predicted octanol–water partition coefficient (Wildman–Crippen LogP) is 4.34. The van der Waals surface area contributed by atoms with Crippen molar-refractivity contribution in [1.82, 2.24) is 10.2 Å². The highest BCUT2D eigenvalue weighted by Crippen LogP contribution is 2.27. The Hall–Kier alpha value is -1.11. The monoisotopic (exact) mass is 327 g/mol. The average Bonchev–Trinajstić information content (AvgIpc) is 2.87. The van der Waals surface area contributed by atoms with Crippen LogP contribution >= 0.6 is 34.7 Å². The van der Waals surface area contributed by atoms with Gasteiger partial charge in [0, 0.05) is 5.75 Å². The lowest BCUT2D eigenvalue weighted by Crippen LogP contribution is -2.12. The van der Waals surface area contributed by atoms with Gasteiger partial charge in [0.15, 0.2) is 4.34 Å². The predicted molar refractivity (Wildman–Crippen MR) is 84.9 cm³/mol. The van der Waals surface area contributed by atoms with Crippen molar-refractivity contribution in [1.29, 1.82) is 0 Å². The van der Waals surface area contributed by atoms with Gasteiger partial charge >= 0.3 is 0 Å². The first kappa shape index (κ1) is 15.3. The molecule has 0 atom stereocenters. The van der Waals surface area contributed by atoms with E-state index in [2.05, 4.69) is 22.4 Å². The van der Waals surface area contributed by atoms with Crippen LogP contribution in [0.1, 0.15) is 30.1 Å². The Morgan fingerprint density at radius 3 is 2.95 bits per heavy atom. The lowest BCUT2D eigenvalue weighted by atomic mass is 10.2. The van der Waals surface area contributed by atoms with Crippen LogP contribution in [-0.4, -0.2) is 21.9 Å². The quantitative estimate of drug-likeness (QED) is 0.487. The number of hydrogen-bond donors (Lipinski definition) is 1. The van der Waals surface area contributed by atoms with Gasteiger partial charge in [0.05, 0.1) is 10.6 Å². The molecule has 0 spiro atoms. The van der Waals surface area contributed by atoms with Gasteiger partial charge in [-0.25, -0.2) is 0 Å². The van der Waals surface area contributed by atoms with Crippen molar-refractivity contribution in [2.75, 3.05) is 11.1 Å². The number of rotatable bonds is 6. The summed E-state index contributed by atoms with van der Waals surface area (Å²) in [4.78, 5) is 12.0. The summed E-state index contributed by atoms with van der Waals surface area (Å²) in [6.07, 6.45) is 2.30. The van der Waals surface area contributed by atoms with Crippen LogP contribution in [0.25, 0.3) is 0 Å². The van der Waals surface area contributed by atoms with Crippen LogP contribution in [0.15, 0.2) is 28.6 Å². The first-order chi connectivity index (χ1) is 9.70. The van der Waals surface area contributed by atoms with E-state index in [1.54, 1.807) is 36.0 Å². The number of anilines is 1. The molecule has 0 fully saturated rings. The van der Waals surface area contributed by atoms with Crippen LogP contribution in [0, 0.1) is 0 Å². The summed E-state index contributed by atoms with van der Waals surface area (Å²) in [5, 5.41) is 11.6. The Kier molecular flexibility index (Phi) is 5.82. The number of amides is 1. The smallest absolute Gasteiger partial charge is 0.259 e. The Morgan fingerprint density at radius 1 is 1.40 bits per heavy atom. The van der Waals surface area contributed by atoms with Crippen molar-refractivity contribution >= 4 is 45.7 Å². The Morgan fingerprint density at radius 2 is 2.20 bits per heavy atom. The summed E-state index contributed by atoms with van der Waals surface area (Å²) in [5.74, 6) is 0.751. The fourth-order valence-corrected chi connectivity index (χ4v) is 3.55. The fourth-order valence-electron chi connectivity index (χ4n) is 1.43. The van der Waals surface area contributed by atoms with Crippen LogP contribution in [-0.2, 0) is 0 Å². The van der Waals surface area contributed by atoms with Crippen molar-refractivity contribution in [3.05, 3.63) is 34.9 Å².